The van der Waals surface area contributed by atoms with Crippen molar-refractivity contribution in [3.63, 3.8) is 0 Å². The van der Waals surface area contributed by atoms with Gasteiger partial charge in [-0.05, 0) is 48.7 Å². The largest absolute Gasteiger partial charge is 0.482 e. The molecule has 0 radical (unpaired) electrons. The lowest BCUT2D eigenvalue weighted by atomic mass is 10.1. The van der Waals surface area contributed by atoms with Gasteiger partial charge in [-0.15, -0.1) is 0 Å². The Morgan fingerprint density at radius 3 is 2.61 bits per heavy atom. The maximum absolute atomic E-state index is 13.3. The maximum atomic E-state index is 13.3. The molecular weight excluding hydrogens is 418 g/mol. The van der Waals surface area contributed by atoms with E-state index >= 15 is 0 Å². The Balaban J connectivity index is 1.54. The van der Waals surface area contributed by atoms with Crippen LogP contribution in [-0.2, 0) is 16.1 Å². The molecule has 3 amide bonds. The van der Waals surface area contributed by atoms with E-state index in [0.29, 0.717) is 22.0 Å². The topological polar surface area (TPSA) is 87.7 Å². The number of benzene rings is 2. The van der Waals surface area contributed by atoms with Gasteiger partial charge in [0.2, 0.25) is 5.91 Å². The van der Waals surface area contributed by atoms with Crippen molar-refractivity contribution in [2.24, 2.45) is 0 Å². The van der Waals surface area contributed by atoms with Gasteiger partial charge < -0.3 is 20.3 Å². The quantitative estimate of drug-likeness (QED) is 0.719. The molecule has 0 saturated heterocycles. The molecule has 0 bridgehead atoms. The molecule has 0 unspecified atom stereocenters. The summed E-state index contributed by atoms with van der Waals surface area (Å²) in [7, 11) is 0. The molecule has 162 valence electrons. The van der Waals surface area contributed by atoms with Crippen molar-refractivity contribution in [3.05, 3.63) is 58.6 Å². The van der Waals surface area contributed by atoms with Gasteiger partial charge in [-0.1, -0.05) is 36.6 Å². The molecule has 4 rings (SSSR count). The summed E-state index contributed by atoms with van der Waals surface area (Å²) in [5, 5.41) is 6.35. The van der Waals surface area contributed by atoms with Gasteiger partial charge in [0, 0.05) is 23.2 Å². The Kier molecular flexibility index (Phi) is 6.42. The van der Waals surface area contributed by atoms with Crippen molar-refractivity contribution < 1.29 is 19.1 Å². The normalized spacial score (nSPS) is 15.6. The van der Waals surface area contributed by atoms with Crippen LogP contribution in [0.4, 0.5) is 5.69 Å². The minimum Gasteiger partial charge on any atom is -0.482 e. The highest BCUT2D eigenvalue weighted by atomic mass is 35.5. The molecule has 0 aromatic heterocycles. The van der Waals surface area contributed by atoms with Gasteiger partial charge in [-0.25, -0.2) is 0 Å². The van der Waals surface area contributed by atoms with Crippen LogP contribution in [0.3, 0.4) is 0 Å². The predicted molar refractivity (Wildman–Crippen MR) is 117 cm³/mol. The van der Waals surface area contributed by atoms with Gasteiger partial charge in [-0.3, -0.25) is 14.4 Å². The predicted octanol–water partition coefficient (Wildman–Crippen LogP) is 3.37. The lowest BCUT2D eigenvalue weighted by Crippen LogP contribution is -2.43. The van der Waals surface area contributed by atoms with Crippen molar-refractivity contribution in [1.29, 1.82) is 0 Å². The van der Waals surface area contributed by atoms with Crippen molar-refractivity contribution in [1.82, 2.24) is 10.2 Å². The van der Waals surface area contributed by atoms with E-state index in [1.807, 2.05) is 12.1 Å². The van der Waals surface area contributed by atoms with Crippen molar-refractivity contribution >= 4 is 35.0 Å². The van der Waals surface area contributed by atoms with Crippen molar-refractivity contribution in [2.45, 2.75) is 38.3 Å². The average Bonchev–Trinajstić information content (AvgIpc) is 3.26. The third-order valence-corrected chi connectivity index (χ3v) is 5.74. The summed E-state index contributed by atoms with van der Waals surface area (Å²) < 4.78 is 5.36. The zero-order valence-electron chi connectivity index (χ0n) is 17.0. The van der Waals surface area contributed by atoms with Crippen LogP contribution >= 0.6 is 11.6 Å². The molecule has 0 atom stereocenters. The Hall–Kier alpha value is -3.06. The summed E-state index contributed by atoms with van der Waals surface area (Å²) in [6.07, 6.45) is 4.17. The molecule has 1 saturated carbocycles. The number of carbonyl (C=O) groups is 3. The zero-order valence-corrected chi connectivity index (χ0v) is 17.8. The molecule has 8 heteroatoms. The first-order valence-corrected chi connectivity index (χ1v) is 10.8. The van der Waals surface area contributed by atoms with Crippen LogP contribution in [0.2, 0.25) is 5.02 Å². The Morgan fingerprint density at radius 2 is 1.87 bits per heavy atom. The van der Waals surface area contributed by atoms with Crippen molar-refractivity contribution in [3.8, 4) is 5.75 Å². The molecule has 2 aliphatic rings. The second kappa shape index (κ2) is 9.39. The van der Waals surface area contributed by atoms with Crippen LogP contribution in [0.25, 0.3) is 0 Å². The van der Waals surface area contributed by atoms with Crippen LogP contribution < -0.4 is 15.4 Å². The monoisotopic (exact) mass is 441 g/mol. The van der Waals surface area contributed by atoms with Crippen LogP contribution in [-0.4, -0.2) is 41.8 Å². The second-order valence-electron chi connectivity index (χ2n) is 7.88. The molecule has 0 spiro atoms. The van der Waals surface area contributed by atoms with Crippen LogP contribution in [0, 0.1) is 0 Å². The van der Waals surface area contributed by atoms with Gasteiger partial charge in [0.15, 0.2) is 6.61 Å². The summed E-state index contributed by atoms with van der Waals surface area (Å²) in [6, 6.07) is 12.2. The molecule has 31 heavy (non-hydrogen) atoms. The number of halogens is 1. The molecule has 2 N–H and O–H groups in total. The van der Waals surface area contributed by atoms with Gasteiger partial charge in [0.1, 0.15) is 12.3 Å². The standard InChI is InChI=1S/C23H24ClN3O4/c24-17-8-5-15(6-9-17)12-27(13-21(28)25-18-3-1-2-4-18)23(30)16-7-10-20-19(11-16)26-22(29)14-31-20/h5-11,18H,1-4,12-14H2,(H,25,28)(H,26,29). The zero-order chi connectivity index (χ0) is 21.8. The number of carbonyl (C=O) groups excluding carboxylic acids is 3. The average molecular weight is 442 g/mol. The van der Waals surface area contributed by atoms with Gasteiger partial charge in [0.05, 0.1) is 5.69 Å². The van der Waals surface area contributed by atoms with E-state index < -0.39 is 0 Å². The second-order valence-corrected chi connectivity index (χ2v) is 8.32. The highest BCUT2D eigenvalue weighted by molar-refractivity contribution is 6.30. The van der Waals surface area contributed by atoms with Crippen molar-refractivity contribution in [2.75, 3.05) is 18.5 Å². The summed E-state index contributed by atoms with van der Waals surface area (Å²) in [5.74, 6) is -0.242. The molecular formula is C23H24ClN3O4. The van der Waals surface area contributed by atoms with Crippen LogP contribution in [0.15, 0.2) is 42.5 Å². The molecule has 2 aromatic carbocycles. The number of ether oxygens (including phenoxy) is 1. The molecule has 2 aromatic rings. The fourth-order valence-corrected chi connectivity index (χ4v) is 4.05. The van der Waals surface area contributed by atoms with Crippen LogP contribution in [0.1, 0.15) is 41.6 Å². The lowest BCUT2D eigenvalue weighted by Gasteiger charge is -2.25. The van der Waals surface area contributed by atoms with Gasteiger partial charge in [0.25, 0.3) is 11.8 Å². The van der Waals surface area contributed by atoms with Gasteiger partial charge >= 0.3 is 0 Å². The van der Waals surface area contributed by atoms with E-state index in [-0.39, 0.29) is 43.5 Å². The molecule has 7 nitrogen and oxygen atoms in total. The highest BCUT2D eigenvalue weighted by Crippen LogP contribution is 2.29. The first kappa shape index (κ1) is 21.2. The van der Waals surface area contributed by atoms with E-state index in [0.717, 1.165) is 31.2 Å². The third kappa shape index (κ3) is 5.35. The minimum absolute atomic E-state index is 0.0513. The Labute approximate surface area is 185 Å². The number of hydrogen-bond acceptors (Lipinski definition) is 4. The first-order chi connectivity index (χ1) is 15.0. The van der Waals surface area contributed by atoms with E-state index in [2.05, 4.69) is 10.6 Å². The number of anilines is 1. The van der Waals surface area contributed by atoms with Crippen LogP contribution in [0.5, 0.6) is 5.75 Å². The highest BCUT2D eigenvalue weighted by Gasteiger charge is 2.24. The molecule has 1 aliphatic heterocycles. The van der Waals surface area contributed by atoms with Gasteiger partial charge in [-0.2, -0.15) is 0 Å². The Morgan fingerprint density at radius 1 is 1.13 bits per heavy atom. The number of nitrogens with one attached hydrogen (secondary N) is 2. The van der Waals surface area contributed by atoms with E-state index in [1.165, 1.54) is 4.90 Å². The number of fused-ring (bicyclic) bond motifs is 1. The van der Waals surface area contributed by atoms with E-state index in [1.54, 1.807) is 30.3 Å². The molecule has 1 fully saturated rings. The fraction of sp³-hybridized carbons (Fsp3) is 0.348. The summed E-state index contributed by atoms with van der Waals surface area (Å²) in [6.45, 7) is 0.149. The number of amides is 3. The number of nitrogens with zero attached hydrogens (tertiary/aromatic N) is 1. The minimum atomic E-state index is -0.306. The Bertz CT molecular complexity index is 987. The third-order valence-electron chi connectivity index (χ3n) is 5.49. The van der Waals surface area contributed by atoms with E-state index in [9.17, 15) is 14.4 Å². The number of rotatable bonds is 6. The van der Waals surface area contributed by atoms with E-state index in [4.69, 9.17) is 16.3 Å². The molecule has 1 heterocycles. The first-order valence-electron chi connectivity index (χ1n) is 10.4. The summed E-state index contributed by atoms with van der Waals surface area (Å²) >= 11 is 5.97. The maximum Gasteiger partial charge on any atom is 0.262 e. The number of hydrogen-bond donors (Lipinski definition) is 2. The molecule has 1 aliphatic carbocycles. The summed E-state index contributed by atoms with van der Waals surface area (Å²) in [4.78, 5) is 39.1. The summed E-state index contributed by atoms with van der Waals surface area (Å²) in [5.41, 5.74) is 1.68. The smallest absolute Gasteiger partial charge is 0.262 e. The lowest BCUT2D eigenvalue weighted by molar-refractivity contribution is -0.122. The SMILES string of the molecule is O=C1COc2ccc(C(=O)N(CC(=O)NC3CCCC3)Cc3ccc(Cl)cc3)cc2N1. The fourth-order valence-electron chi connectivity index (χ4n) is 3.93.